The summed E-state index contributed by atoms with van der Waals surface area (Å²) in [7, 11) is -20.2. The first kappa shape index (κ1) is 106. The number of carbonyl (C=O) groups is 54. The van der Waals surface area contributed by atoms with E-state index in [0.29, 0.717) is 0 Å². The molecule has 0 spiro atoms. The van der Waals surface area contributed by atoms with Gasteiger partial charge in [-0.2, -0.15) is 0 Å². The Bertz CT molecular complexity index is 4860. The van der Waals surface area contributed by atoms with E-state index >= 15 is 0 Å². The van der Waals surface area contributed by atoms with Crippen LogP contribution in [0.2, 0.25) is 0 Å². The van der Waals surface area contributed by atoms with Crippen LogP contribution in [0, 0.1) is 0 Å². The van der Waals surface area contributed by atoms with Crippen LogP contribution in [-0.2, 0) is 287 Å². The first-order valence-electron chi connectivity index (χ1n) is 23.8. The molecule has 0 fully saturated rings. The Balaban J connectivity index is -0.000000432. The van der Waals surface area contributed by atoms with E-state index in [1.54, 1.807) is 0 Å². The van der Waals surface area contributed by atoms with Crippen LogP contribution in [0.3, 0.4) is 0 Å². The maximum atomic E-state index is 12.4. The Morgan fingerprint density at radius 3 is 0.115 bits per heavy atom. The minimum absolute atomic E-state index is 1.33. The van der Waals surface area contributed by atoms with E-state index < -0.39 is 308 Å². The summed E-state index contributed by atoms with van der Waals surface area (Å²) in [5, 5.41) is -105. The molecule has 0 unspecified atom stereocenters. The molecule has 0 N–H and O–H groups in total. The molecule has 0 heterocycles. The normalized spacial score (nSPS) is 25.8. The second-order valence-corrected chi connectivity index (χ2v) is 150. The van der Waals surface area contributed by atoms with Gasteiger partial charge < -0.3 is 0 Å². The summed E-state index contributed by atoms with van der Waals surface area (Å²) in [5.41, 5.74) is 0. The van der Waals surface area contributed by atoms with Crippen LogP contribution < -0.4 is 0 Å². The van der Waals surface area contributed by atoms with Crippen molar-refractivity contribution in [3.63, 3.8) is 0 Å². The summed E-state index contributed by atoms with van der Waals surface area (Å²) in [4.78, 5) is 655. The van der Waals surface area contributed by atoms with Crippen LogP contribution in [0.25, 0.3) is 0 Å². The van der Waals surface area contributed by atoms with E-state index in [2.05, 4.69) is 0 Å². The summed E-state index contributed by atoms with van der Waals surface area (Å²) in [6, 6.07) is 0. The molecule has 113 heavy (non-hydrogen) atoms. The van der Waals surface area contributed by atoms with Crippen molar-refractivity contribution < 1.29 is 287 Å². The van der Waals surface area contributed by atoms with Gasteiger partial charge in [0.25, 0.3) is 0 Å². The molecule has 0 amide bonds. The first-order chi connectivity index (χ1) is 49.8. The Labute approximate surface area is 563 Å². The van der Waals surface area contributed by atoms with Crippen LogP contribution in [0.1, 0.15) is 0 Å². The Morgan fingerprint density at radius 2 is 0.115 bits per heavy atom. The SMILES string of the molecule is O=[CH][Fe]([CH]=O)([CH]=O)([CH]=O)([CH]=O)([CH]=O)([CH]=O)([CH]=O)([CH]=O)([CH]=O)([CH]=O)[CH]=O.O=[CH][Fe]([CH]=O)([CH]=O)([CH]=O)([CH]=O)([CH]=O)([CH]=O)([CH]=O)([CH]=O)([CH]=O)([CH]=O)[CH]=O.O=[CH][Fe]([CH]=O)([CH]=O)([CH]=O)([CH]=O)([CH]=O)([CH]=O)([CH]=O)([CH]=O)([CH]=O)([CH]=O)[CH]=O.O=[CH][Fe]([CH]=O)([CH]=O)([CH]=O)([CH]=O)([CH]=O)([CH]=O)([CH]=O)[CH]=O.O=[CH][Fe]([CH]=O)([CH]=O)([CH]=O)([CH]=O)([CH]=O)([CH]=O)([CH]=O)[CH]=O. The Kier molecular flexibility index (Phi) is 8.77. The zero-order valence-electron chi connectivity index (χ0n) is 55.0. The molecule has 0 saturated carbocycles. The standard InChI is InChI=1S/54CHO.5Fe/c54*1-2;;;;;/h54*1H;;;;;. The van der Waals surface area contributed by atoms with Crippen LogP contribution in [0.15, 0.2) is 0 Å². The summed E-state index contributed by atoms with van der Waals surface area (Å²) in [6.45, 7) is 0. The predicted molar refractivity (Wildman–Crippen MR) is 365 cm³/mol. The van der Waals surface area contributed by atoms with Crippen LogP contribution in [-0.4, -0.2) is 280 Å². The molecule has 0 atom stereocenters. The zero-order valence-corrected chi connectivity index (χ0v) is 60.5. The van der Waals surface area contributed by atoms with Crippen molar-refractivity contribution in [2.75, 3.05) is 0 Å². The van der Waals surface area contributed by atoms with Crippen molar-refractivity contribution in [3.8, 4) is 0 Å². The fourth-order valence-corrected chi connectivity index (χ4v) is 21.9. The molecule has 0 radical (unpaired) electrons. The van der Waals surface area contributed by atoms with Crippen molar-refractivity contribution in [2.45, 2.75) is 0 Å². The van der Waals surface area contributed by atoms with E-state index in [-0.39, 0.29) is 0 Å². The predicted octanol–water partition coefficient (Wildman–Crippen LogP) is -14.8. The van der Waals surface area contributed by atoms with E-state index in [1.807, 2.05) is 0 Å². The molecule has 634 valence electrons. The van der Waals surface area contributed by atoms with Gasteiger partial charge in [-0.3, -0.25) is 0 Å². The number of hydrogen-bond acceptors (Lipinski definition) is 54. The third-order valence-corrected chi connectivity index (χ3v) is 107. The zero-order chi connectivity index (χ0) is 93.7. The Morgan fingerprint density at radius 1 is 0.0796 bits per heavy atom. The molecule has 59 heteroatoms. The molecule has 0 aromatic carbocycles. The van der Waals surface area contributed by atoms with E-state index in [4.69, 9.17) is 0 Å². The summed E-state index contributed by atoms with van der Waals surface area (Å²) < 4.78 is -42.0. The van der Waals surface area contributed by atoms with Gasteiger partial charge in [0.05, 0.1) is 0 Å². The van der Waals surface area contributed by atoms with Gasteiger partial charge in [-0.25, -0.2) is 0 Å². The van der Waals surface area contributed by atoms with E-state index in [1.165, 1.54) is 0 Å². The second-order valence-electron chi connectivity index (χ2n) is 36.3. The molecule has 0 saturated heterocycles. The summed E-state index contributed by atoms with van der Waals surface area (Å²) >= 11 is 0. The van der Waals surface area contributed by atoms with Crippen molar-refractivity contribution >= 4 is 280 Å². The summed E-state index contributed by atoms with van der Waals surface area (Å²) in [5.74, 6) is 0. The van der Waals surface area contributed by atoms with Crippen LogP contribution in [0.4, 0.5) is 0 Å². The van der Waals surface area contributed by atoms with Gasteiger partial charge in [-0.15, -0.1) is 0 Å². The molecule has 0 aliphatic carbocycles. The molecule has 0 bridgehead atoms. The van der Waals surface area contributed by atoms with Crippen molar-refractivity contribution in [3.05, 3.63) is 0 Å². The topological polar surface area (TPSA) is 922 Å². The van der Waals surface area contributed by atoms with Gasteiger partial charge in [0, 0.05) is 0 Å². The fourth-order valence-electron chi connectivity index (χ4n) is 5.30. The average Bonchev–Trinajstić information content (AvgIpc) is 0.444. The fraction of sp³-hybridized carbons (Fsp3) is 0. The van der Waals surface area contributed by atoms with Crippen LogP contribution >= 0.6 is 0 Å². The third kappa shape index (κ3) is 3.16. The molecule has 54 nitrogen and oxygen atoms in total. The quantitative estimate of drug-likeness (QED) is 0.0403. The molecule has 0 aliphatic heterocycles. The number of rotatable bonds is 54. The van der Waals surface area contributed by atoms with Crippen molar-refractivity contribution in [1.29, 1.82) is 0 Å². The monoisotopic (exact) mass is 1850 g/mol. The molecule has 0 rings (SSSR count). The van der Waals surface area contributed by atoms with Crippen molar-refractivity contribution in [2.24, 2.45) is 0 Å². The molecular weight excluding hydrogens is 1790 g/mol. The van der Waals surface area contributed by atoms with E-state index in [9.17, 15) is 259 Å². The number of hydrogen-bond donors (Lipinski definition) is 0. The first-order valence-corrected chi connectivity index (χ1v) is 58.2. The number of carbonyl (C=O) groups excluding carboxylic acids is 54. The molecular formula is C54H54Fe5O54. The molecule has 0 aliphatic rings. The average molecular weight is 1850 g/mol. The third-order valence-electron chi connectivity index (χ3n) is 26.0. The van der Waals surface area contributed by atoms with Crippen LogP contribution in [0.5, 0.6) is 0 Å². The van der Waals surface area contributed by atoms with Gasteiger partial charge in [0.2, 0.25) is 0 Å². The van der Waals surface area contributed by atoms with Gasteiger partial charge in [-0.1, -0.05) is 0 Å². The van der Waals surface area contributed by atoms with E-state index in [0.717, 1.165) is 0 Å². The van der Waals surface area contributed by atoms with Gasteiger partial charge in [0.1, 0.15) is 0 Å². The van der Waals surface area contributed by atoms with Gasteiger partial charge in [-0.05, 0) is 0 Å². The maximum absolute atomic E-state index is 14.0. The van der Waals surface area contributed by atoms with Gasteiger partial charge >= 0.3 is 567 Å². The van der Waals surface area contributed by atoms with Crippen molar-refractivity contribution in [1.82, 2.24) is 0 Å². The molecule has 0 aromatic rings. The minimum atomic E-state index is -14.0. The second kappa shape index (κ2) is 9.31. The van der Waals surface area contributed by atoms with Gasteiger partial charge in [0.15, 0.2) is 0 Å². The Hall–Kier alpha value is -15.2. The molecule has 0 aromatic heterocycles. The summed E-state index contributed by atoms with van der Waals surface area (Å²) in [6.07, 6.45) is 0.